The molecule has 0 saturated heterocycles. The summed E-state index contributed by atoms with van der Waals surface area (Å²) in [6.45, 7) is 1.55. The first-order valence-electron chi connectivity index (χ1n) is 7.07. The highest BCUT2D eigenvalue weighted by molar-refractivity contribution is 7.80. The number of allylic oxidation sites excluding steroid dienone is 10. The lowest BCUT2D eigenvalue weighted by Crippen LogP contribution is -1.92. The summed E-state index contributed by atoms with van der Waals surface area (Å²) in [6.07, 6.45) is 23.2. The molecule has 0 spiro atoms. The maximum atomic E-state index is 10.7. The van der Waals surface area contributed by atoms with E-state index in [4.69, 9.17) is 12.2 Å². The van der Waals surface area contributed by atoms with Crippen LogP contribution in [-0.2, 0) is 4.79 Å². The first kappa shape index (κ1) is 16.5. The Morgan fingerprint density at radius 2 is 2.10 bits per heavy atom. The van der Waals surface area contributed by atoms with Crippen LogP contribution in [0.25, 0.3) is 0 Å². The largest absolute Gasteiger partial charge is 0.295 e. The lowest BCUT2D eigenvalue weighted by atomic mass is 10.0. The number of hydrogen-bond acceptors (Lipinski definition) is 2. The van der Waals surface area contributed by atoms with Crippen LogP contribution in [0.2, 0.25) is 0 Å². The number of carbonyl (C=O) groups is 1. The molecule has 0 bridgehead atoms. The first-order valence-corrected chi connectivity index (χ1v) is 7.48. The Balaban J connectivity index is 2.19. The maximum Gasteiger partial charge on any atom is 0.152 e. The molecule has 0 atom stereocenters. The molecular weight excluding hydrogens is 264 g/mol. The summed E-state index contributed by atoms with van der Waals surface area (Å²) in [7, 11) is 0. The molecule has 1 aliphatic rings. The van der Waals surface area contributed by atoms with E-state index >= 15 is 0 Å². The molecule has 0 unspecified atom stereocenters. The molecule has 0 aromatic rings. The molecule has 0 aromatic heterocycles. The van der Waals surface area contributed by atoms with Gasteiger partial charge >= 0.3 is 0 Å². The van der Waals surface area contributed by atoms with Crippen LogP contribution in [-0.4, -0.2) is 10.6 Å². The van der Waals surface area contributed by atoms with Crippen LogP contribution in [0.4, 0.5) is 0 Å². The van der Waals surface area contributed by atoms with E-state index in [-0.39, 0.29) is 5.78 Å². The van der Waals surface area contributed by atoms with Gasteiger partial charge in [0.2, 0.25) is 0 Å². The molecule has 0 N–H and O–H groups in total. The summed E-state index contributed by atoms with van der Waals surface area (Å²) < 4.78 is 0. The van der Waals surface area contributed by atoms with Crippen molar-refractivity contribution in [3.63, 3.8) is 0 Å². The molecule has 0 heterocycles. The fraction of sp³-hybridized carbons (Fsp3) is 0.333. The summed E-state index contributed by atoms with van der Waals surface area (Å²) in [5.41, 5.74) is 1.40. The predicted molar refractivity (Wildman–Crippen MR) is 91.0 cm³/mol. The highest BCUT2D eigenvalue weighted by Crippen LogP contribution is 2.15. The van der Waals surface area contributed by atoms with E-state index in [9.17, 15) is 4.79 Å². The van der Waals surface area contributed by atoms with Crippen molar-refractivity contribution in [1.29, 1.82) is 0 Å². The van der Waals surface area contributed by atoms with Crippen molar-refractivity contribution in [2.45, 2.75) is 39.0 Å². The zero-order chi connectivity index (χ0) is 14.6. The highest BCUT2D eigenvalue weighted by Gasteiger charge is 1.98. The van der Waals surface area contributed by atoms with Crippen molar-refractivity contribution in [3.05, 3.63) is 60.3 Å². The lowest BCUT2D eigenvalue weighted by molar-refractivity contribution is -0.112. The average molecular weight is 286 g/mol. The molecule has 0 aliphatic heterocycles. The summed E-state index contributed by atoms with van der Waals surface area (Å²) in [6, 6.07) is 0. The van der Waals surface area contributed by atoms with E-state index in [1.54, 1.807) is 13.0 Å². The smallest absolute Gasteiger partial charge is 0.152 e. The molecule has 1 nitrogen and oxygen atoms in total. The topological polar surface area (TPSA) is 17.1 Å². The van der Waals surface area contributed by atoms with Gasteiger partial charge in [-0.2, -0.15) is 0 Å². The maximum absolute atomic E-state index is 10.7. The zero-order valence-corrected chi connectivity index (χ0v) is 12.9. The minimum atomic E-state index is 0.0844. The molecule has 1 rings (SSSR count). The van der Waals surface area contributed by atoms with Crippen molar-refractivity contribution >= 4 is 22.9 Å². The third kappa shape index (κ3) is 8.54. The van der Waals surface area contributed by atoms with Gasteiger partial charge in [0, 0.05) is 4.86 Å². The van der Waals surface area contributed by atoms with Gasteiger partial charge in [0.05, 0.1) is 0 Å². The van der Waals surface area contributed by atoms with Gasteiger partial charge in [-0.15, -0.1) is 0 Å². The second kappa shape index (κ2) is 10.3. The third-order valence-corrected chi connectivity index (χ3v) is 3.23. The quantitative estimate of drug-likeness (QED) is 0.352. The first-order chi connectivity index (χ1) is 9.68. The zero-order valence-electron chi connectivity index (χ0n) is 12.0. The third-order valence-electron chi connectivity index (χ3n) is 2.89. The molecule has 20 heavy (non-hydrogen) atoms. The Hall–Kier alpha value is -1.54. The standard InChI is InChI=1S/C18H22OS/c1-16(19)10-6-3-2-4-9-13-18(20)15-14-17-11-7-5-8-12-17/h2,4,6-7,9-13H,3,5,8,14-15H2,1H3/b4-2-,10-6+,13-9-. The SMILES string of the molecule is CC(=O)/C=C/C/C=C\C=C/C(=S)CCC1=CCCC=C1. The van der Waals surface area contributed by atoms with Gasteiger partial charge in [0.25, 0.3) is 0 Å². The van der Waals surface area contributed by atoms with Crippen LogP contribution in [0, 0.1) is 0 Å². The number of rotatable bonds is 8. The number of hydrogen-bond donors (Lipinski definition) is 0. The van der Waals surface area contributed by atoms with Crippen molar-refractivity contribution < 1.29 is 4.79 Å². The minimum Gasteiger partial charge on any atom is -0.295 e. The Labute approximate surface area is 127 Å². The van der Waals surface area contributed by atoms with Gasteiger partial charge in [-0.05, 0) is 51.2 Å². The monoisotopic (exact) mass is 286 g/mol. The Morgan fingerprint density at radius 1 is 1.25 bits per heavy atom. The molecule has 2 heteroatoms. The van der Waals surface area contributed by atoms with Crippen LogP contribution < -0.4 is 0 Å². The number of carbonyl (C=O) groups excluding carboxylic acids is 1. The van der Waals surface area contributed by atoms with Gasteiger partial charge in [0.15, 0.2) is 5.78 Å². The summed E-state index contributed by atoms with van der Waals surface area (Å²) in [4.78, 5) is 11.7. The summed E-state index contributed by atoms with van der Waals surface area (Å²) >= 11 is 5.33. The van der Waals surface area contributed by atoms with E-state index in [0.717, 1.165) is 37.0 Å². The van der Waals surface area contributed by atoms with Gasteiger partial charge in [0.1, 0.15) is 0 Å². The van der Waals surface area contributed by atoms with E-state index in [2.05, 4.69) is 18.2 Å². The Bertz CT molecular complexity index is 476. The molecule has 106 valence electrons. The van der Waals surface area contributed by atoms with E-state index in [1.807, 2.05) is 30.4 Å². The highest BCUT2D eigenvalue weighted by atomic mass is 32.1. The van der Waals surface area contributed by atoms with E-state index in [0.29, 0.717) is 0 Å². The van der Waals surface area contributed by atoms with Gasteiger partial charge in [-0.25, -0.2) is 0 Å². The Morgan fingerprint density at radius 3 is 2.80 bits per heavy atom. The molecule has 0 amide bonds. The van der Waals surface area contributed by atoms with Crippen LogP contribution in [0.5, 0.6) is 0 Å². The van der Waals surface area contributed by atoms with Crippen molar-refractivity contribution in [1.82, 2.24) is 0 Å². The molecule has 0 radical (unpaired) electrons. The van der Waals surface area contributed by atoms with E-state index < -0.39 is 0 Å². The number of ketones is 1. The molecule has 0 saturated carbocycles. The second-order valence-electron chi connectivity index (χ2n) is 4.76. The van der Waals surface area contributed by atoms with Crippen LogP contribution in [0.1, 0.15) is 39.0 Å². The predicted octanol–water partition coefficient (Wildman–Crippen LogP) is 5.06. The number of thiocarbonyl (C=S) groups is 1. The van der Waals surface area contributed by atoms with Gasteiger partial charge in [-0.3, -0.25) is 4.79 Å². The van der Waals surface area contributed by atoms with Crippen molar-refractivity contribution in [3.8, 4) is 0 Å². The van der Waals surface area contributed by atoms with Crippen molar-refractivity contribution in [2.24, 2.45) is 0 Å². The van der Waals surface area contributed by atoms with Crippen LogP contribution in [0.15, 0.2) is 60.3 Å². The Kier molecular flexibility index (Phi) is 8.48. The summed E-state index contributed by atoms with van der Waals surface area (Å²) in [5.74, 6) is 0.0844. The van der Waals surface area contributed by atoms with Crippen LogP contribution >= 0.6 is 12.2 Å². The fourth-order valence-corrected chi connectivity index (χ4v) is 2.02. The second-order valence-corrected chi connectivity index (χ2v) is 5.29. The minimum absolute atomic E-state index is 0.0844. The fourth-order valence-electron chi connectivity index (χ4n) is 1.84. The molecule has 0 fully saturated rings. The average Bonchev–Trinajstić information content (AvgIpc) is 2.45. The van der Waals surface area contributed by atoms with Gasteiger partial charge < -0.3 is 0 Å². The normalized spacial score (nSPS) is 15.3. The van der Waals surface area contributed by atoms with Crippen LogP contribution in [0.3, 0.4) is 0 Å². The summed E-state index contributed by atoms with van der Waals surface area (Å²) in [5, 5.41) is 0. The lowest BCUT2D eigenvalue weighted by Gasteiger charge is -2.05. The molecule has 0 aromatic carbocycles. The van der Waals surface area contributed by atoms with Gasteiger partial charge in [-0.1, -0.05) is 60.3 Å². The molecular formula is C18H22OS. The molecule has 1 aliphatic carbocycles. The van der Waals surface area contributed by atoms with Crippen molar-refractivity contribution in [2.75, 3.05) is 0 Å². The van der Waals surface area contributed by atoms with E-state index in [1.165, 1.54) is 5.57 Å².